The number of nitrogens with zero attached hydrogens (tertiary/aromatic N) is 3. The highest BCUT2D eigenvalue weighted by atomic mass is 79.9. The van der Waals surface area contributed by atoms with Crippen LogP contribution in [0, 0.1) is 0 Å². The summed E-state index contributed by atoms with van der Waals surface area (Å²) >= 11 is 3.47. The Balaban J connectivity index is 2.30. The van der Waals surface area contributed by atoms with E-state index in [1.165, 1.54) is 12.8 Å². The zero-order chi connectivity index (χ0) is 14.5. The van der Waals surface area contributed by atoms with Gasteiger partial charge < -0.3 is 16.0 Å². The van der Waals surface area contributed by atoms with Crippen molar-refractivity contribution in [3.05, 3.63) is 10.7 Å². The van der Waals surface area contributed by atoms with Crippen LogP contribution in [0.2, 0.25) is 0 Å². The van der Waals surface area contributed by atoms with Crippen LogP contribution in [0.4, 0.5) is 11.8 Å². The SMILES string of the molecule is CCNc1ncc(Br)c(N(CC(N)=O)C2CCCC2)n1. The number of aromatic nitrogens is 2. The van der Waals surface area contributed by atoms with Gasteiger partial charge in [-0.15, -0.1) is 0 Å². The molecule has 6 nitrogen and oxygen atoms in total. The third-order valence-corrected chi connectivity index (χ3v) is 3.98. The maximum atomic E-state index is 11.4. The van der Waals surface area contributed by atoms with E-state index in [1.807, 2.05) is 11.8 Å². The standard InChI is InChI=1S/C13H20BrN5O/c1-2-16-13-17-7-10(14)12(18-13)19(8-11(15)20)9-5-3-4-6-9/h7,9H,2-6,8H2,1H3,(H2,15,20)(H,16,17,18). The maximum absolute atomic E-state index is 11.4. The number of carbonyl (C=O) groups excluding carboxylic acids is 1. The van der Waals surface area contributed by atoms with E-state index in [4.69, 9.17) is 5.73 Å². The molecule has 110 valence electrons. The van der Waals surface area contributed by atoms with Gasteiger partial charge in [0.1, 0.15) is 5.82 Å². The van der Waals surface area contributed by atoms with E-state index in [-0.39, 0.29) is 12.5 Å². The average Bonchev–Trinajstić information content (AvgIpc) is 2.92. The Bertz CT molecular complexity index is 476. The molecule has 1 fully saturated rings. The van der Waals surface area contributed by atoms with Gasteiger partial charge in [-0.25, -0.2) is 4.98 Å². The topological polar surface area (TPSA) is 84.1 Å². The first kappa shape index (κ1) is 15.0. The number of halogens is 1. The van der Waals surface area contributed by atoms with Crippen LogP contribution >= 0.6 is 15.9 Å². The average molecular weight is 342 g/mol. The predicted molar refractivity (Wildman–Crippen MR) is 82.7 cm³/mol. The van der Waals surface area contributed by atoms with Crippen molar-refractivity contribution in [2.45, 2.75) is 38.6 Å². The van der Waals surface area contributed by atoms with Gasteiger partial charge in [-0.3, -0.25) is 4.79 Å². The second-order valence-corrected chi connectivity index (χ2v) is 5.78. The second kappa shape index (κ2) is 6.88. The number of amides is 1. The van der Waals surface area contributed by atoms with E-state index in [2.05, 4.69) is 31.2 Å². The van der Waals surface area contributed by atoms with Crippen LogP contribution < -0.4 is 16.0 Å². The molecule has 1 amide bonds. The van der Waals surface area contributed by atoms with E-state index in [0.29, 0.717) is 12.0 Å². The first-order valence-electron chi connectivity index (χ1n) is 6.93. The van der Waals surface area contributed by atoms with Gasteiger partial charge in [-0.1, -0.05) is 12.8 Å². The largest absolute Gasteiger partial charge is 0.368 e. The lowest BCUT2D eigenvalue weighted by Gasteiger charge is -2.29. The molecular formula is C13H20BrN5O. The van der Waals surface area contributed by atoms with E-state index in [1.54, 1.807) is 6.20 Å². The van der Waals surface area contributed by atoms with Crippen LogP contribution in [-0.2, 0) is 4.79 Å². The zero-order valence-electron chi connectivity index (χ0n) is 11.6. The highest BCUT2D eigenvalue weighted by Gasteiger charge is 2.26. The monoisotopic (exact) mass is 341 g/mol. The summed E-state index contributed by atoms with van der Waals surface area (Å²) in [6.45, 7) is 2.93. The molecule has 0 aromatic carbocycles. The fraction of sp³-hybridized carbons (Fsp3) is 0.615. The first-order chi connectivity index (χ1) is 9.61. The maximum Gasteiger partial charge on any atom is 0.237 e. The van der Waals surface area contributed by atoms with Gasteiger partial charge in [0.15, 0.2) is 0 Å². The van der Waals surface area contributed by atoms with Crippen molar-refractivity contribution in [2.24, 2.45) is 5.73 Å². The molecule has 1 aromatic rings. The summed E-state index contributed by atoms with van der Waals surface area (Å²) in [6, 6.07) is 0.322. The van der Waals surface area contributed by atoms with Crippen molar-refractivity contribution in [2.75, 3.05) is 23.3 Å². The summed E-state index contributed by atoms with van der Waals surface area (Å²) in [6.07, 6.45) is 6.22. The lowest BCUT2D eigenvalue weighted by Crippen LogP contribution is -2.41. The zero-order valence-corrected chi connectivity index (χ0v) is 13.2. The molecule has 1 aliphatic carbocycles. The van der Waals surface area contributed by atoms with Gasteiger partial charge in [0.05, 0.1) is 11.0 Å². The third-order valence-electron chi connectivity index (χ3n) is 3.42. The summed E-state index contributed by atoms with van der Waals surface area (Å²) in [5, 5.41) is 3.09. The smallest absolute Gasteiger partial charge is 0.237 e. The predicted octanol–water partition coefficient (Wildman–Crippen LogP) is 1.91. The summed E-state index contributed by atoms with van der Waals surface area (Å²) in [7, 11) is 0. The van der Waals surface area contributed by atoms with Crippen LogP contribution in [0.15, 0.2) is 10.7 Å². The molecule has 3 N–H and O–H groups in total. The van der Waals surface area contributed by atoms with E-state index in [9.17, 15) is 4.79 Å². The number of anilines is 2. The van der Waals surface area contributed by atoms with Gasteiger partial charge >= 0.3 is 0 Å². The lowest BCUT2D eigenvalue weighted by atomic mass is 10.2. The number of nitrogens with one attached hydrogen (secondary N) is 1. The second-order valence-electron chi connectivity index (χ2n) is 4.93. The van der Waals surface area contributed by atoms with E-state index in [0.717, 1.165) is 29.7 Å². The molecule has 0 bridgehead atoms. The Kier molecular flexibility index (Phi) is 5.17. The quantitative estimate of drug-likeness (QED) is 0.825. The molecule has 20 heavy (non-hydrogen) atoms. The van der Waals surface area contributed by atoms with Crippen molar-refractivity contribution in [3.8, 4) is 0 Å². The Hall–Kier alpha value is -1.37. The molecule has 1 aliphatic rings. The number of nitrogens with two attached hydrogens (primary N) is 1. The third kappa shape index (κ3) is 3.59. The first-order valence-corrected chi connectivity index (χ1v) is 7.72. The Labute approximate surface area is 127 Å². The van der Waals surface area contributed by atoms with Crippen molar-refractivity contribution >= 4 is 33.6 Å². The van der Waals surface area contributed by atoms with E-state index >= 15 is 0 Å². The van der Waals surface area contributed by atoms with E-state index < -0.39 is 0 Å². The van der Waals surface area contributed by atoms with Crippen molar-refractivity contribution in [3.63, 3.8) is 0 Å². The molecule has 0 saturated heterocycles. The molecule has 1 aromatic heterocycles. The van der Waals surface area contributed by atoms with Gasteiger partial charge in [0, 0.05) is 18.8 Å². The Morgan fingerprint density at radius 3 is 2.85 bits per heavy atom. The van der Waals surface area contributed by atoms with Crippen LogP contribution in [0.5, 0.6) is 0 Å². The molecule has 0 unspecified atom stereocenters. The van der Waals surface area contributed by atoms with Gasteiger partial charge in [-0.2, -0.15) is 4.98 Å². The lowest BCUT2D eigenvalue weighted by molar-refractivity contribution is -0.116. The van der Waals surface area contributed by atoms with Crippen molar-refractivity contribution < 1.29 is 4.79 Å². The molecule has 0 spiro atoms. The van der Waals surface area contributed by atoms with Crippen LogP contribution in [0.3, 0.4) is 0 Å². The molecular weight excluding hydrogens is 322 g/mol. The Morgan fingerprint density at radius 2 is 2.25 bits per heavy atom. The minimum absolute atomic E-state index is 0.186. The minimum Gasteiger partial charge on any atom is -0.368 e. The summed E-state index contributed by atoms with van der Waals surface area (Å²) in [5.74, 6) is 0.965. The molecule has 0 radical (unpaired) electrons. The summed E-state index contributed by atoms with van der Waals surface area (Å²) in [5.41, 5.74) is 5.39. The highest BCUT2D eigenvalue weighted by Crippen LogP contribution is 2.31. The van der Waals surface area contributed by atoms with Crippen LogP contribution in [-0.4, -0.2) is 35.0 Å². The van der Waals surface area contributed by atoms with Gasteiger partial charge in [0.2, 0.25) is 11.9 Å². The molecule has 2 rings (SSSR count). The molecule has 0 aliphatic heterocycles. The molecule has 1 saturated carbocycles. The number of rotatable bonds is 6. The fourth-order valence-electron chi connectivity index (χ4n) is 2.56. The number of hydrogen-bond donors (Lipinski definition) is 2. The summed E-state index contributed by atoms with van der Waals surface area (Å²) < 4.78 is 0.785. The summed E-state index contributed by atoms with van der Waals surface area (Å²) in [4.78, 5) is 22.1. The highest BCUT2D eigenvalue weighted by molar-refractivity contribution is 9.10. The van der Waals surface area contributed by atoms with Crippen LogP contribution in [0.25, 0.3) is 0 Å². The number of hydrogen-bond acceptors (Lipinski definition) is 5. The molecule has 1 heterocycles. The van der Waals surface area contributed by atoms with Crippen molar-refractivity contribution in [1.82, 2.24) is 9.97 Å². The number of carbonyl (C=O) groups is 1. The van der Waals surface area contributed by atoms with Gasteiger partial charge in [0.25, 0.3) is 0 Å². The van der Waals surface area contributed by atoms with Crippen LogP contribution in [0.1, 0.15) is 32.6 Å². The molecule has 0 atom stereocenters. The normalized spacial score (nSPS) is 15.3. The van der Waals surface area contributed by atoms with Crippen molar-refractivity contribution in [1.29, 1.82) is 0 Å². The number of primary amides is 1. The Morgan fingerprint density at radius 1 is 1.55 bits per heavy atom. The van der Waals surface area contributed by atoms with Gasteiger partial charge in [-0.05, 0) is 35.7 Å². The fourth-order valence-corrected chi connectivity index (χ4v) is 2.98. The minimum atomic E-state index is -0.340. The molecule has 7 heteroatoms.